The fourth-order valence-corrected chi connectivity index (χ4v) is 6.19. The number of nitrogens with one attached hydrogen (secondary N) is 1. The lowest BCUT2D eigenvalue weighted by Gasteiger charge is -2.32. The van der Waals surface area contributed by atoms with Crippen molar-refractivity contribution in [3.05, 3.63) is 95.6 Å². The number of nitrogens with zero attached hydrogens (tertiary/aromatic N) is 1. The van der Waals surface area contributed by atoms with E-state index in [1.165, 1.54) is 23.5 Å². The van der Waals surface area contributed by atoms with Gasteiger partial charge >= 0.3 is 5.91 Å². The minimum absolute atomic E-state index is 0.0291. The molecule has 3 aromatic rings. The van der Waals surface area contributed by atoms with Gasteiger partial charge in [0, 0.05) is 19.5 Å². The maximum Gasteiger partial charge on any atom is 0.344 e. The Morgan fingerprint density at radius 2 is 1.55 bits per heavy atom. The molecule has 7 nitrogen and oxygen atoms in total. The summed E-state index contributed by atoms with van der Waals surface area (Å²) in [5.41, 5.74) is 2.40. The van der Waals surface area contributed by atoms with E-state index in [-0.39, 0.29) is 29.8 Å². The van der Waals surface area contributed by atoms with Crippen molar-refractivity contribution in [3.8, 4) is 5.75 Å². The second-order valence-electron chi connectivity index (χ2n) is 10.1. The van der Waals surface area contributed by atoms with Gasteiger partial charge in [-0.1, -0.05) is 62.4 Å². The zero-order valence-electron chi connectivity index (χ0n) is 22.8. The number of aliphatic hydroxyl groups excluding tert-OH is 1. The van der Waals surface area contributed by atoms with Crippen molar-refractivity contribution in [3.63, 3.8) is 0 Å². The SMILES string of the molecule is COc1ccc(S(=O)(=O)N(CC(C)C)C[C@@H](O)[C@H](Cc2ccccc2)[NH+](C)C(=O)c2ccccc2C)cc1. The molecule has 0 aromatic heterocycles. The number of amides is 1. The van der Waals surface area contributed by atoms with Crippen LogP contribution >= 0.6 is 0 Å². The molecule has 38 heavy (non-hydrogen) atoms. The number of sulfonamides is 1. The topological polar surface area (TPSA) is 88.3 Å². The molecule has 0 aliphatic rings. The molecule has 0 saturated carbocycles. The number of quaternary nitrogens is 1. The van der Waals surface area contributed by atoms with Crippen LogP contribution in [0.1, 0.15) is 35.3 Å². The van der Waals surface area contributed by atoms with E-state index in [1.807, 2.05) is 69.3 Å². The van der Waals surface area contributed by atoms with Gasteiger partial charge in [0.2, 0.25) is 10.0 Å². The maximum absolute atomic E-state index is 13.7. The number of hydrogen-bond acceptors (Lipinski definition) is 5. The summed E-state index contributed by atoms with van der Waals surface area (Å²) < 4.78 is 33.8. The van der Waals surface area contributed by atoms with Gasteiger partial charge in [0.25, 0.3) is 0 Å². The molecule has 1 unspecified atom stereocenters. The predicted octanol–water partition coefficient (Wildman–Crippen LogP) is 2.98. The van der Waals surface area contributed by atoms with E-state index in [9.17, 15) is 18.3 Å². The van der Waals surface area contributed by atoms with E-state index in [0.717, 1.165) is 11.1 Å². The van der Waals surface area contributed by atoms with Crippen molar-refractivity contribution >= 4 is 15.9 Å². The molecule has 0 spiro atoms. The molecule has 0 aliphatic heterocycles. The van der Waals surface area contributed by atoms with Crippen LogP contribution in [-0.4, -0.2) is 63.1 Å². The van der Waals surface area contributed by atoms with Gasteiger partial charge in [-0.2, -0.15) is 4.31 Å². The average Bonchev–Trinajstić information content (AvgIpc) is 2.91. The van der Waals surface area contributed by atoms with Crippen LogP contribution in [0.3, 0.4) is 0 Å². The molecule has 204 valence electrons. The predicted molar refractivity (Wildman–Crippen MR) is 149 cm³/mol. The normalized spacial score (nSPS) is 14.3. The maximum atomic E-state index is 13.7. The number of likely N-dealkylation sites (N-methyl/N-ethyl adjacent to an activating group) is 1. The number of carbonyl (C=O) groups excluding carboxylic acids is 1. The molecule has 3 rings (SSSR count). The third kappa shape index (κ3) is 7.29. The molecule has 0 fully saturated rings. The number of methoxy groups -OCH3 is 1. The van der Waals surface area contributed by atoms with Crippen LogP contribution in [0.4, 0.5) is 0 Å². The zero-order valence-corrected chi connectivity index (χ0v) is 23.6. The van der Waals surface area contributed by atoms with E-state index < -0.39 is 22.2 Å². The Morgan fingerprint density at radius 1 is 0.947 bits per heavy atom. The molecular weight excluding hydrogens is 500 g/mol. The Labute approximate surface area is 226 Å². The number of benzene rings is 3. The summed E-state index contributed by atoms with van der Waals surface area (Å²) in [5.74, 6) is 0.445. The third-order valence-corrected chi connectivity index (χ3v) is 8.57. The number of aliphatic hydroxyl groups is 1. The summed E-state index contributed by atoms with van der Waals surface area (Å²) in [5, 5.41) is 11.6. The summed E-state index contributed by atoms with van der Waals surface area (Å²) in [4.78, 5) is 14.2. The molecule has 0 saturated heterocycles. The van der Waals surface area contributed by atoms with E-state index in [2.05, 4.69) is 0 Å². The first-order chi connectivity index (χ1) is 18.0. The molecule has 1 amide bonds. The van der Waals surface area contributed by atoms with Gasteiger partial charge in [0.15, 0.2) is 0 Å². The highest BCUT2D eigenvalue weighted by molar-refractivity contribution is 7.89. The van der Waals surface area contributed by atoms with Crippen LogP contribution in [0.15, 0.2) is 83.8 Å². The second-order valence-corrected chi connectivity index (χ2v) is 12.0. The van der Waals surface area contributed by atoms with Crippen LogP contribution in [0, 0.1) is 12.8 Å². The van der Waals surface area contributed by atoms with E-state index in [0.29, 0.717) is 22.6 Å². The fourth-order valence-electron chi connectivity index (χ4n) is 4.56. The summed E-state index contributed by atoms with van der Waals surface area (Å²) >= 11 is 0. The van der Waals surface area contributed by atoms with Crippen LogP contribution in [0.5, 0.6) is 5.75 Å². The van der Waals surface area contributed by atoms with Crippen LogP contribution in [0.25, 0.3) is 0 Å². The Kier molecular flexibility index (Phi) is 10.2. The quantitative estimate of drug-likeness (QED) is 0.370. The number of rotatable bonds is 12. The molecule has 3 atom stereocenters. The van der Waals surface area contributed by atoms with E-state index >= 15 is 0 Å². The van der Waals surface area contributed by atoms with Crippen molar-refractivity contribution in [1.82, 2.24) is 4.31 Å². The first-order valence-electron chi connectivity index (χ1n) is 12.8. The lowest BCUT2D eigenvalue weighted by molar-refractivity contribution is -0.825. The Morgan fingerprint density at radius 3 is 2.13 bits per heavy atom. The Balaban J connectivity index is 1.95. The van der Waals surface area contributed by atoms with Gasteiger partial charge in [0.05, 0.1) is 24.6 Å². The largest absolute Gasteiger partial charge is 0.497 e. The minimum Gasteiger partial charge on any atom is -0.497 e. The molecular formula is C30H39N2O5S+. The number of ether oxygens (including phenoxy) is 1. The van der Waals surface area contributed by atoms with Crippen LogP contribution in [0.2, 0.25) is 0 Å². The van der Waals surface area contributed by atoms with Crippen molar-refractivity contribution in [2.45, 2.75) is 44.2 Å². The van der Waals surface area contributed by atoms with Gasteiger partial charge < -0.3 is 9.84 Å². The monoisotopic (exact) mass is 539 g/mol. The number of aryl methyl sites for hydroxylation is 1. The fraction of sp³-hybridized carbons (Fsp3) is 0.367. The van der Waals surface area contributed by atoms with Gasteiger partial charge in [-0.3, -0.25) is 4.90 Å². The molecule has 0 aliphatic carbocycles. The Bertz CT molecular complexity index is 1290. The summed E-state index contributed by atoms with van der Waals surface area (Å²) in [6, 6.07) is 22.7. The van der Waals surface area contributed by atoms with E-state index in [1.54, 1.807) is 25.2 Å². The average molecular weight is 540 g/mol. The standard InChI is InChI=1S/C30H38N2O5S/c1-22(2)20-32(38(35,36)26-17-15-25(37-5)16-18-26)21-29(33)28(19-24-12-7-6-8-13-24)31(4)30(34)27-14-10-9-11-23(27)3/h6-18,22,28-29,33H,19-21H2,1-5H3/p+1/t28-,29+/m0/s1. The second kappa shape index (κ2) is 13.2. The smallest absolute Gasteiger partial charge is 0.344 e. The highest BCUT2D eigenvalue weighted by Crippen LogP contribution is 2.21. The molecule has 0 heterocycles. The highest BCUT2D eigenvalue weighted by Gasteiger charge is 2.37. The number of hydrogen-bond donors (Lipinski definition) is 2. The molecule has 2 N–H and O–H groups in total. The Hall–Kier alpha value is -3.04. The van der Waals surface area contributed by atoms with Crippen LogP contribution in [-0.2, 0) is 16.4 Å². The highest BCUT2D eigenvalue weighted by atomic mass is 32.2. The molecule has 3 aromatic carbocycles. The van der Waals surface area contributed by atoms with Gasteiger partial charge in [0.1, 0.15) is 17.9 Å². The van der Waals surface area contributed by atoms with E-state index in [4.69, 9.17) is 4.74 Å². The first kappa shape index (κ1) is 29.5. The molecule has 0 bridgehead atoms. The molecule has 0 radical (unpaired) electrons. The van der Waals surface area contributed by atoms with Crippen molar-refractivity contribution in [2.75, 3.05) is 27.2 Å². The molecule has 8 heteroatoms. The van der Waals surface area contributed by atoms with Gasteiger partial charge in [-0.05, 0) is 54.3 Å². The summed E-state index contributed by atoms with van der Waals surface area (Å²) in [6.07, 6.45) is -0.696. The van der Waals surface area contributed by atoms with Crippen molar-refractivity contribution < 1.29 is 28.0 Å². The number of carbonyl (C=O) groups is 1. The summed E-state index contributed by atoms with van der Waals surface area (Å²) in [7, 11) is -0.635. The minimum atomic E-state index is -3.90. The van der Waals surface area contributed by atoms with Gasteiger partial charge in [-0.15, -0.1) is 0 Å². The van der Waals surface area contributed by atoms with Gasteiger partial charge in [-0.25, -0.2) is 13.2 Å². The summed E-state index contributed by atoms with van der Waals surface area (Å²) in [6.45, 7) is 5.85. The van der Waals surface area contributed by atoms with Crippen molar-refractivity contribution in [2.24, 2.45) is 5.92 Å². The lowest BCUT2D eigenvalue weighted by atomic mass is 9.98. The van der Waals surface area contributed by atoms with Crippen molar-refractivity contribution in [1.29, 1.82) is 0 Å². The third-order valence-electron chi connectivity index (χ3n) is 6.72. The zero-order chi connectivity index (χ0) is 27.9. The first-order valence-corrected chi connectivity index (χ1v) is 14.3. The lowest BCUT2D eigenvalue weighted by Crippen LogP contribution is -3.17. The van der Waals surface area contributed by atoms with Crippen LogP contribution < -0.4 is 9.64 Å².